The highest BCUT2D eigenvalue weighted by atomic mass is 79.9. The Morgan fingerprint density at radius 3 is 2.43 bits per heavy atom. The van der Waals surface area contributed by atoms with Crippen molar-refractivity contribution in [1.82, 2.24) is 9.97 Å². The Morgan fingerprint density at radius 2 is 1.86 bits per heavy atom. The van der Waals surface area contributed by atoms with Crippen molar-refractivity contribution in [2.75, 3.05) is 19.0 Å². The maximum Gasteiger partial charge on any atom is 0.162 e. The lowest BCUT2D eigenvalue weighted by Crippen LogP contribution is -2.07. The van der Waals surface area contributed by atoms with Gasteiger partial charge in [-0.15, -0.1) is 0 Å². The molecule has 4 nitrogen and oxygen atoms in total. The molecule has 1 aromatic carbocycles. The van der Waals surface area contributed by atoms with Crippen molar-refractivity contribution >= 4 is 44.9 Å². The number of benzene rings is 1. The molecule has 0 aliphatic heterocycles. The van der Waals surface area contributed by atoms with Crippen LogP contribution in [0.15, 0.2) is 22.7 Å². The van der Waals surface area contributed by atoms with Gasteiger partial charge < -0.3 is 10.1 Å². The van der Waals surface area contributed by atoms with Gasteiger partial charge in [0, 0.05) is 29.3 Å². The first kappa shape index (κ1) is 16.5. The fourth-order valence-corrected chi connectivity index (χ4v) is 2.78. The molecule has 1 heterocycles. The molecule has 7 heteroatoms. The summed E-state index contributed by atoms with van der Waals surface area (Å²) in [6.45, 7) is 3.13. The van der Waals surface area contributed by atoms with Crippen molar-refractivity contribution in [1.29, 1.82) is 0 Å². The summed E-state index contributed by atoms with van der Waals surface area (Å²) >= 11 is 15.6. The first-order valence-electron chi connectivity index (χ1n) is 6.30. The van der Waals surface area contributed by atoms with E-state index in [9.17, 15) is 0 Å². The van der Waals surface area contributed by atoms with Crippen LogP contribution in [0.1, 0.15) is 12.6 Å². The number of nitrogens with zero attached hydrogens (tertiary/aromatic N) is 2. The second-order valence-electron chi connectivity index (χ2n) is 4.28. The third-order valence-corrected chi connectivity index (χ3v) is 3.94. The largest absolute Gasteiger partial charge is 0.378 e. The van der Waals surface area contributed by atoms with E-state index in [0.29, 0.717) is 28.3 Å². The lowest BCUT2D eigenvalue weighted by molar-refractivity contribution is 0.181. The molecular weight excluding hydrogens is 377 g/mol. The fourth-order valence-electron chi connectivity index (χ4n) is 1.82. The molecule has 112 valence electrons. The predicted octanol–water partition coefficient (Wildman–Crippen LogP) is 4.79. The van der Waals surface area contributed by atoms with Crippen molar-refractivity contribution in [3.63, 3.8) is 0 Å². The molecule has 21 heavy (non-hydrogen) atoms. The Hall–Kier alpha value is -0.880. The second-order valence-corrected chi connectivity index (χ2v) is 5.94. The fraction of sp³-hybridized carbons (Fsp3) is 0.286. The summed E-state index contributed by atoms with van der Waals surface area (Å²) in [5, 5.41) is 4.28. The van der Waals surface area contributed by atoms with Crippen LogP contribution in [0, 0.1) is 0 Å². The standard InChI is InChI=1S/C14H14BrCl2N3O/c1-3-18-14-12(15)11(7-21-2)19-13(20-14)8-4-9(16)6-10(17)5-8/h4-6H,3,7H2,1-2H3,(H,18,19,20). The molecule has 0 radical (unpaired) electrons. The van der Waals surface area contributed by atoms with E-state index in [2.05, 4.69) is 31.2 Å². The van der Waals surface area contributed by atoms with Gasteiger partial charge in [0.25, 0.3) is 0 Å². The molecule has 0 unspecified atom stereocenters. The van der Waals surface area contributed by atoms with Crippen LogP contribution in [0.2, 0.25) is 10.0 Å². The second kappa shape index (κ2) is 7.40. The smallest absolute Gasteiger partial charge is 0.162 e. The van der Waals surface area contributed by atoms with Gasteiger partial charge in [-0.3, -0.25) is 0 Å². The van der Waals surface area contributed by atoms with E-state index in [1.807, 2.05) is 6.92 Å². The van der Waals surface area contributed by atoms with Crippen LogP contribution in [-0.4, -0.2) is 23.6 Å². The number of halogens is 3. The van der Waals surface area contributed by atoms with Crippen LogP contribution in [0.25, 0.3) is 11.4 Å². The number of ether oxygens (including phenoxy) is 1. The normalized spacial score (nSPS) is 10.7. The number of hydrogen-bond donors (Lipinski definition) is 1. The topological polar surface area (TPSA) is 47.0 Å². The van der Waals surface area contributed by atoms with Gasteiger partial charge in [-0.2, -0.15) is 0 Å². The minimum Gasteiger partial charge on any atom is -0.378 e. The summed E-state index contributed by atoms with van der Waals surface area (Å²) in [7, 11) is 1.62. The molecule has 1 aromatic heterocycles. The molecule has 0 saturated heterocycles. The molecule has 2 rings (SSSR count). The van der Waals surface area contributed by atoms with Crippen molar-refractivity contribution in [3.05, 3.63) is 38.4 Å². The zero-order valence-electron chi connectivity index (χ0n) is 11.6. The third-order valence-electron chi connectivity index (χ3n) is 2.67. The Labute approximate surface area is 142 Å². The monoisotopic (exact) mass is 389 g/mol. The van der Waals surface area contributed by atoms with E-state index in [4.69, 9.17) is 27.9 Å². The van der Waals surface area contributed by atoms with E-state index < -0.39 is 0 Å². The van der Waals surface area contributed by atoms with Gasteiger partial charge in [0.15, 0.2) is 5.82 Å². The summed E-state index contributed by atoms with van der Waals surface area (Å²) in [5.41, 5.74) is 1.52. The van der Waals surface area contributed by atoms with Gasteiger partial charge in [0.1, 0.15) is 5.82 Å². The predicted molar refractivity (Wildman–Crippen MR) is 90.1 cm³/mol. The summed E-state index contributed by atoms with van der Waals surface area (Å²) in [6.07, 6.45) is 0. The van der Waals surface area contributed by atoms with Gasteiger partial charge in [0.05, 0.1) is 16.8 Å². The average molecular weight is 391 g/mol. The minimum atomic E-state index is 0.378. The number of methoxy groups -OCH3 is 1. The summed E-state index contributed by atoms with van der Waals surface area (Å²) in [5.74, 6) is 1.26. The molecule has 0 amide bonds. The van der Waals surface area contributed by atoms with Crippen LogP contribution in [0.5, 0.6) is 0 Å². The summed E-state index contributed by atoms with van der Waals surface area (Å²) in [6, 6.07) is 5.23. The molecule has 1 N–H and O–H groups in total. The molecule has 0 aliphatic carbocycles. The Bertz CT molecular complexity index is 605. The highest BCUT2D eigenvalue weighted by Crippen LogP contribution is 2.30. The lowest BCUT2D eigenvalue weighted by Gasteiger charge is -2.12. The highest BCUT2D eigenvalue weighted by molar-refractivity contribution is 9.10. The van der Waals surface area contributed by atoms with Gasteiger partial charge in [-0.05, 0) is 41.1 Å². The Balaban J connectivity index is 2.56. The zero-order valence-corrected chi connectivity index (χ0v) is 14.7. The maximum atomic E-state index is 6.04. The van der Waals surface area contributed by atoms with E-state index >= 15 is 0 Å². The first-order chi connectivity index (χ1) is 10.0. The Kier molecular flexibility index (Phi) is 5.81. The maximum absolute atomic E-state index is 6.04. The number of aromatic nitrogens is 2. The first-order valence-corrected chi connectivity index (χ1v) is 7.85. The molecule has 2 aromatic rings. The molecule has 0 fully saturated rings. The minimum absolute atomic E-state index is 0.378. The van der Waals surface area contributed by atoms with Crippen molar-refractivity contribution < 1.29 is 4.74 Å². The van der Waals surface area contributed by atoms with Gasteiger partial charge in [0.2, 0.25) is 0 Å². The van der Waals surface area contributed by atoms with Crippen molar-refractivity contribution in [2.45, 2.75) is 13.5 Å². The Morgan fingerprint density at radius 1 is 1.19 bits per heavy atom. The van der Waals surface area contributed by atoms with E-state index in [0.717, 1.165) is 22.3 Å². The van der Waals surface area contributed by atoms with Crippen LogP contribution in [-0.2, 0) is 11.3 Å². The van der Waals surface area contributed by atoms with Gasteiger partial charge >= 0.3 is 0 Å². The molecule has 0 aliphatic rings. The molecule has 0 atom stereocenters. The third kappa shape index (κ3) is 4.07. The number of anilines is 1. The van der Waals surface area contributed by atoms with E-state index in [-0.39, 0.29) is 0 Å². The average Bonchev–Trinajstić information content (AvgIpc) is 2.42. The lowest BCUT2D eigenvalue weighted by atomic mass is 10.2. The molecule has 0 saturated carbocycles. The van der Waals surface area contributed by atoms with E-state index in [1.165, 1.54) is 0 Å². The summed E-state index contributed by atoms with van der Waals surface area (Å²) in [4.78, 5) is 9.03. The van der Waals surface area contributed by atoms with Crippen molar-refractivity contribution in [2.24, 2.45) is 0 Å². The zero-order chi connectivity index (χ0) is 15.4. The number of rotatable bonds is 5. The molecule has 0 bridgehead atoms. The highest BCUT2D eigenvalue weighted by Gasteiger charge is 2.14. The molecular formula is C14H14BrCl2N3O. The van der Waals surface area contributed by atoms with Crippen LogP contribution in [0.3, 0.4) is 0 Å². The van der Waals surface area contributed by atoms with Gasteiger partial charge in [-0.25, -0.2) is 9.97 Å². The van der Waals surface area contributed by atoms with Crippen LogP contribution >= 0.6 is 39.1 Å². The van der Waals surface area contributed by atoms with Crippen LogP contribution in [0.4, 0.5) is 5.82 Å². The summed E-state index contributed by atoms with van der Waals surface area (Å²) < 4.78 is 5.97. The molecule has 0 spiro atoms. The van der Waals surface area contributed by atoms with Gasteiger partial charge in [-0.1, -0.05) is 23.2 Å². The quantitative estimate of drug-likeness (QED) is 0.797. The SMILES string of the molecule is CCNc1nc(-c2cc(Cl)cc(Cl)c2)nc(COC)c1Br. The van der Waals surface area contributed by atoms with Crippen molar-refractivity contribution in [3.8, 4) is 11.4 Å². The van der Waals surface area contributed by atoms with Crippen LogP contribution < -0.4 is 5.32 Å². The van der Waals surface area contributed by atoms with E-state index in [1.54, 1.807) is 25.3 Å². The number of nitrogens with one attached hydrogen (secondary N) is 1. The number of hydrogen-bond acceptors (Lipinski definition) is 4.